The van der Waals surface area contributed by atoms with Gasteiger partial charge in [-0.1, -0.05) is 23.7 Å². The third-order valence-corrected chi connectivity index (χ3v) is 3.56. The van der Waals surface area contributed by atoms with Crippen molar-refractivity contribution in [2.45, 2.75) is 27.3 Å². The van der Waals surface area contributed by atoms with Crippen LogP contribution in [0.2, 0.25) is 5.02 Å². The van der Waals surface area contributed by atoms with Gasteiger partial charge in [-0.2, -0.15) is 0 Å². The molecule has 1 amide bonds. The number of nitrogens with one attached hydrogen (secondary N) is 1. The first-order valence-corrected chi connectivity index (χ1v) is 7.35. The highest BCUT2D eigenvalue weighted by Gasteiger charge is 2.06. The lowest BCUT2D eigenvalue weighted by Gasteiger charge is -2.08. The predicted octanol–water partition coefficient (Wildman–Crippen LogP) is 3.38. The first kappa shape index (κ1) is 16.2. The minimum absolute atomic E-state index is 0.172. The maximum Gasteiger partial charge on any atom is 0.244 e. The highest BCUT2D eigenvalue weighted by atomic mass is 35.5. The molecular formula is C17H18ClN3O. The molecule has 0 saturated carbocycles. The number of carbonyl (C=O) groups excluding carboxylic acids is 1. The molecule has 0 fully saturated rings. The number of nitrogens with zero attached hydrogens (tertiary/aromatic N) is 2. The van der Waals surface area contributed by atoms with E-state index in [0.29, 0.717) is 11.6 Å². The maximum absolute atomic E-state index is 11.8. The zero-order valence-corrected chi connectivity index (χ0v) is 13.6. The van der Waals surface area contributed by atoms with E-state index in [1.165, 1.54) is 6.08 Å². The van der Waals surface area contributed by atoms with Gasteiger partial charge >= 0.3 is 0 Å². The molecule has 0 radical (unpaired) electrons. The maximum atomic E-state index is 11.8. The zero-order valence-electron chi connectivity index (χ0n) is 12.9. The Bertz CT molecular complexity index is 709. The smallest absolute Gasteiger partial charge is 0.244 e. The molecule has 0 saturated heterocycles. The van der Waals surface area contributed by atoms with Crippen LogP contribution in [0.15, 0.2) is 30.3 Å². The van der Waals surface area contributed by atoms with Crippen LogP contribution in [0.5, 0.6) is 0 Å². The van der Waals surface area contributed by atoms with E-state index < -0.39 is 0 Å². The summed E-state index contributed by atoms with van der Waals surface area (Å²) in [4.78, 5) is 20.7. The van der Waals surface area contributed by atoms with Gasteiger partial charge in [0, 0.05) is 11.1 Å². The Morgan fingerprint density at radius 1 is 1.09 bits per heavy atom. The molecule has 0 aliphatic heterocycles. The van der Waals surface area contributed by atoms with Gasteiger partial charge in [-0.25, -0.2) is 0 Å². The molecule has 0 unspecified atom stereocenters. The van der Waals surface area contributed by atoms with Crippen LogP contribution in [-0.4, -0.2) is 15.9 Å². The monoisotopic (exact) mass is 315 g/mol. The molecule has 5 heteroatoms. The number of benzene rings is 1. The number of aromatic nitrogens is 2. The average Bonchev–Trinajstić information content (AvgIpc) is 2.49. The number of amides is 1. The Balaban J connectivity index is 1.95. The van der Waals surface area contributed by atoms with Gasteiger partial charge < -0.3 is 5.32 Å². The average molecular weight is 316 g/mol. The zero-order chi connectivity index (χ0) is 16.1. The molecule has 2 rings (SSSR count). The van der Waals surface area contributed by atoms with Crippen LogP contribution in [0.1, 0.15) is 28.3 Å². The molecule has 1 aromatic heterocycles. The highest BCUT2D eigenvalue weighted by molar-refractivity contribution is 6.30. The van der Waals surface area contributed by atoms with Crippen LogP contribution in [0.4, 0.5) is 0 Å². The Morgan fingerprint density at radius 3 is 2.41 bits per heavy atom. The number of rotatable bonds is 4. The lowest BCUT2D eigenvalue weighted by atomic mass is 10.2. The number of halogens is 1. The van der Waals surface area contributed by atoms with Crippen molar-refractivity contribution in [3.8, 4) is 0 Å². The van der Waals surface area contributed by atoms with Crippen molar-refractivity contribution >= 4 is 23.6 Å². The fourth-order valence-electron chi connectivity index (χ4n) is 1.90. The molecule has 2 aromatic rings. The molecule has 1 aromatic carbocycles. The summed E-state index contributed by atoms with van der Waals surface area (Å²) in [6, 6.07) is 7.27. The van der Waals surface area contributed by atoms with E-state index in [9.17, 15) is 4.79 Å². The van der Waals surface area contributed by atoms with Gasteiger partial charge in [0.2, 0.25) is 5.91 Å². The number of hydrogen-bond donors (Lipinski definition) is 1. The number of aryl methyl sites for hydroxylation is 3. The molecule has 1 heterocycles. The Hall–Kier alpha value is -2.20. The molecule has 0 atom stereocenters. The Kier molecular flexibility index (Phi) is 5.28. The lowest BCUT2D eigenvalue weighted by Crippen LogP contribution is -2.22. The SMILES string of the molecule is Cc1nc(C)c(CNC(=O)/C=C/c2ccc(Cl)cc2)nc1C. The molecule has 0 aliphatic rings. The van der Waals surface area contributed by atoms with Gasteiger partial charge in [0.05, 0.1) is 29.3 Å². The molecule has 4 nitrogen and oxygen atoms in total. The van der Waals surface area contributed by atoms with Crippen LogP contribution in [0.3, 0.4) is 0 Å². The topological polar surface area (TPSA) is 54.9 Å². The first-order chi connectivity index (χ1) is 10.5. The van der Waals surface area contributed by atoms with Crippen molar-refractivity contribution in [3.05, 3.63) is 63.7 Å². The second kappa shape index (κ2) is 7.18. The summed E-state index contributed by atoms with van der Waals surface area (Å²) in [6.07, 6.45) is 3.23. The summed E-state index contributed by atoms with van der Waals surface area (Å²) in [5.41, 5.74) is 4.34. The molecule has 22 heavy (non-hydrogen) atoms. The molecule has 0 spiro atoms. The minimum atomic E-state index is -0.172. The molecular weight excluding hydrogens is 298 g/mol. The molecule has 1 N–H and O–H groups in total. The van der Waals surface area contributed by atoms with E-state index in [0.717, 1.165) is 28.3 Å². The summed E-state index contributed by atoms with van der Waals surface area (Å²) in [5.74, 6) is -0.172. The Labute approximate surface area is 135 Å². The van der Waals surface area contributed by atoms with Crippen molar-refractivity contribution in [2.24, 2.45) is 0 Å². The lowest BCUT2D eigenvalue weighted by molar-refractivity contribution is -0.116. The van der Waals surface area contributed by atoms with Gasteiger partial charge in [0.15, 0.2) is 0 Å². The largest absolute Gasteiger partial charge is 0.347 e. The van der Waals surface area contributed by atoms with Crippen molar-refractivity contribution in [1.29, 1.82) is 0 Å². The summed E-state index contributed by atoms with van der Waals surface area (Å²) < 4.78 is 0. The fraction of sp³-hybridized carbons (Fsp3) is 0.235. The highest BCUT2D eigenvalue weighted by Crippen LogP contribution is 2.10. The van der Waals surface area contributed by atoms with Crippen molar-refractivity contribution < 1.29 is 4.79 Å². The van der Waals surface area contributed by atoms with Gasteiger partial charge in [-0.15, -0.1) is 0 Å². The van der Waals surface area contributed by atoms with Crippen molar-refractivity contribution in [2.75, 3.05) is 0 Å². The van der Waals surface area contributed by atoms with Crippen LogP contribution >= 0.6 is 11.6 Å². The van der Waals surface area contributed by atoms with E-state index >= 15 is 0 Å². The van der Waals surface area contributed by atoms with E-state index in [-0.39, 0.29) is 5.91 Å². The standard InChI is InChI=1S/C17H18ClN3O/c1-11-12(2)21-16(13(3)20-11)10-19-17(22)9-6-14-4-7-15(18)8-5-14/h4-9H,10H2,1-3H3,(H,19,22)/b9-6+. The predicted molar refractivity (Wildman–Crippen MR) is 88.6 cm³/mol. The summed E-state index contributed by atoms with van der Waals surface area (Å²) in [6.45, 7) is 6.09. The van der Waals surface area contributed by atoms with E-state index in [2.05, 4.69) is 15.3 Å². The molecule has 0 bridgehead atoms. The summed E-state index contributed by atoms with van der Waals surface area (Å²) in [5, 5.41) is 3.49. The normalized spacial score (nSPS) is 10.9. The summed E-state index contributed by atoms with van der Waals surface area (Å²) >= 11 is 5.81. The van der Waals surface area contributed by atoms with Crippen molar-refractivity contribution in [1.82, 2.24) is 15.3 Å². The third kappa shape index (κ3) is 4.40. The summed E-state index contributed by atoms with van der Waals surface area (Å²) in [7, 11) is 0. The van der Waals surface area contributed by atoms with Gasteiger partial charge in [0.1, 0.15) is 0 Å². The molecule has 0 aliphatic carbocycles. The third-order valence-electron chi connectivity index (χ3n) is 3.31. The first-order valence-electron chi connectivity index (χ1n) is 6.98. The van der Waals surface area contributed by atoms with Gasteiger partial charge in [-0.05, 0) is 44.5 Å². The van der Waals surface area contributed by atoms with Crippen LogP contribution in [0.25, 0.3) is 6.08 Å². The van der Waals surface area contributed by atoms with Crippen LogP contribution in [-0.2, 0) is 11.3 Å². The number of hydrogen-bond acceptors (Lipinski definition) is 3. The number of carbonyl (C=O) groups is 1. The van der Waals surface area contributed by atoms with Crippen LogP contribution in [0, 0.1) is 20.8 Å². The second-order valence-electron chi connectivity index (χ2n) is 5.03. The van der Waals surface area contributed by atoms with Gasteiger partial charge in [0.25, 0.3) is 0 Å². The van der Waals surface area contributed by atoms with Gasteiger partial charge in [-0.3, -0.25) is 14.8 Å². The van der Waals surface area contributed by atoms with E-state index in [1.54, 1.807) is 18.2 Å². The van der Waals surface area contributed by atoms with Crippen LogP contribution < -0.4 is 5.32 Å². The second-order valence-corrected chi connectivity index (χ2v) is 5.47. The fourth-order valence-corrected chi connectivity index (χ4v) is 2.03. The van der Waals surface area contributed by atoms with E-state index in [1.807, 2.05) is 32.9 Å². The quantitative estimate of drug-likeness (QED) is 0.880. The minimum Gasteiger partial charge on any atom is -0.347 e. The van der Waals surface area contributed by atoms with E-state index in [4.69, 9.17) is 11.6 Å². The van der Waals surface area contributed by atoms with Crippen molar-refractivity contribution in [3.63, 3.8) is 0 Å². The molecule has 114 valence electrons. The Morgan fingerprint density at radius 2 is 1.73 bits per heavy atom.